The molecule has 1 fully saturated rings. The summed E-state index contributed by atoms with van der Waals surface area (Å²) >= 11 is 0. The van der Waals surface area contributed by atoms with Gasteiger partial charge in [0.15, 0.2) is 0 Å². The maximum absolute atomic E-state index is 11.4. The lowest BCUT2D eigenvalue weighted by Gasteiger charge is -2.19. The van der Waals surface area contributed by atoms with Crippen molar-refractivity contribution in [3.05, 3.63) is 0 Å². The van der Waals surface area contributed by atoms with Crippen molar-refractivity contribution in [1.82, 2.24) is 16.0 Å². The molecule has 0 aromatic rings. The van der Waals surface area contributed by atoms with Gasteiger partial charge in [-0.15, -0.1) is 0 Å². The third-order valence-corrected chi connectivity index (χ3v) is 2.35. The molecule has 3 N–H and O–H groups in total. The van der Waals surface area contributed by atoms with Crippen LogP contribution in [0.5, 0.6) is 0 Å². The first kappa shape index (κ1) is 11.5. The molecule has 0 aliphatic carbocycles. The van der Waals surface area contributed by atoms with Gasteiger partial charge in [0.05, 0.1) is 0 Å². The topological polar surface area (TPSA) is 87.3 Å². The van der Waals surface area contributed by atoms with Crippen LogP contribution in [0.15, 0.2) is 0 Å². The van der Waals surface area contributed by atoms with Crippen molar-refractivity contribution in [2.24, 2.45) is 0 Å². The van der Waals surface area contributed by atoms with Crippen LogP contribution < -0.4 is 16.0 Å². The minimum atomic E-state index is -0.838. The van der Waals surface area contributed by atoms with E-state index >= 15 is 0 Å². The van der Waals surface area contributed by atoms with Gasteiger partial charge in [0.25, 0.3) is 5.91 Å². The summed E-state index contributed by atoms with van der Waals surface area (Å²) in [5, 5.41) is 7.37. The highest BCUT2D eigenvalue weighted by atomic mass is 16.2. The second kappa shape index (κ2) is 4.29. The number of carbonyl (C=O) groups excluding carboxylic acids is 3. The molecule has 0 saturated carbocycles. The number of hydrogen-bond acceptors (Lipinski definition) is 3. The van der Waals surface area contributed by atoms with Crippen LogP contribution in [-0.4, -0.2) is 29.9 Å². The molecular formula is C9H15N3O3. The van der Waals surface area contributed by atoms with Crippen LogP contribution in [0.1, 0.15) is 26.7 Å². The fourth-order valence-electron chi connectivity index (χ4n) is 1.46. The zero-order chi connectivity index (χ0) is 11.5. The predicted octanol–water partition coefficient (Wildman–Crippen LogP) is -0.499. The molecule has 0 aromatic heterocycles. The average Bonchev–Trinajstić information content (AvgIpc) is 2.35. The summed E-state index contributed by atoms with van der Waals surface area (Å²) in [6.07, 6.45) is 1.15. The van der Waals surface area contributed by atoms with Gasteiger partial charge in [-0.2, -0.15) is 0 Å². The van der Waals surface area contributed by atoms with E-state index in [4.69, 9.17) is 0 Å². The van der Waals surface area contributed by atoms with E-state index in [9.17, 15) is 14.4 Å². The second-order valence-electron chi connectivity index (χ2n) is 3.83. The highest BCUT2D eigenvalue weighted by Crippen LogP contribution is 2.15. The van der Waals surface area contributed by atoms with Crippen LogP contribution >= 0.6 is 0 Å². The molecule has 4 amide bonds. The predicted molar refractivity (Wildman–Crippen MR) is 53.0 cm³/mol. The van der Waals surface area contributed by atoms with E-state index in [2.05, 4.69) is 16.0 Å². The molecule has 1 heterocycles. The molecule has 0 spiro atoms. The van der Waals surface area contributed by atoms with Crippen LogP contribution in [0.25, 0.3) is 0 Å². The van der Waals surface area contributed by atoms with Gasteiger partial charge < -0.3 is 10.6 Å². The van der Waals surface area contributed by atoms with Gasteiger partial charge in [0.1, 0.15) is 5.54 Å². The monoisotopic (exact) mass is 213 g/mol. The second-order valence-corrected chi connectivity index (χ2v) is 3.83. The Morgan fingerprint density at radius 1 is 1.47 bits per heavy atom. The Labute approximate surface area is 87.8 Å². The Hall–Kier alpha value is -1.59. The third-order valence-electron chi connectivity index (χ3n) is 2.35. The zero-order valence-corrected chi connectivity index (χ0v) is 8.85. The van der Waals surface area contributed by atoms with Crippen LogP contribution in [0.2, 0.25) is 0 Å². The molecule has 0 radical (unpaired) electrons. The Morgan fingerprint density at radius 2 is 2.13 bits per heavy atom. The SMILES string of the molecule is CC(=O)NCCC[C@]1(C)NC(=O)NC1=O. The van der Waals surface area contributed by atoms with E-state index in [0.29, 0.717) is 19.4 Å². The highest BCUT2D eigenvalue weighted by Gasteiger charge is 2.40. The van der Waals surface area contributed by atoms with E-state index in [1.807, 2.05) is 0 Å². The number of amides is 4. The highest BCUT2D eigenvalue weighted by molar-refractivity contribution is 6.06. The first-order valence-electron chi connectivity index (χ1n) is 4.82. The molecule has 15 heavy (non-hydrogen) atoms. The molecule has 1 rings (SSSR count). The third kappa shape index (κ3) is 2.93. The van der Waals surface area contributed by atoms with Crippen LogP contribution in [0.4, 0.5) is 4.79 Å². The molecule has 1 aliphatic rings. The van der Waals surface area contributed by atoms with Crippen molar-refractivity contribution < 1.29 is 14.4 Å². The lowest BCUT2D eigenvalue weighted by atomic mass is 9.96. The lowest BCUT2D eigenvalue weighted by Crippen LogP contribution is -2.44. The quantitative estimate of drug-likeness (QED) is 0.434. The van der Waals surface area contributed by atoms with E-state index < -0.39 is 11.6 Å². The van der Waals surface area contributed by atoms with Gasteiger partial charge in [0, 0.05) is 13.5 Å². The van der Waals surface area contributed by atoms with Crippen molar-refractivity contribution in [2.75, 3.05) is 6.54 Å². The number of imide groups is 1. The summed E-state index contributed by atoms with van der Waals surface area (Å²) < 4.78 is 0. The van der Waals surface area contributed by atoms with Crippen molar-refractivity contribution >= 4 is 17.8 Å². The van der Waals surface area contributed by atoms with Crippen LogP contribution in [0.3, 0.4) is 0 Å². The number of urea groups is 1. The van der Waals surface area contributed by atoms with Crippen LogP contribution in [-0.2, 0) is 9.59 Å². The number of nitrogens with one attached hydrogen (secondary N) is 3. The van der Waals surface area contributed by atoms with Gasteiger partial charge in [0.2, 0.25) is 5.91 Å². The van der Waals surface area contributed by atoms with Gasteiger partial charge >= 0.3 is 6.03 Å². The average molecular weight is 213 g/mol. The van der Waals surface area contributed by atoms with Crippen molar-refractivity contribution in [1.29, 1.82) is 0 Å². The van der Waals surface area contributed by atoms with E-state index in [-0.39, 0.29) is 11.8 Å². The molecule has 1 atom stereocenters. The summed E-state index contributed by atoms with van der Waals surface area (Å²) in [7, 11) is 0. The Kier molecular flexibility index (Phi) is 3.28. The minimum absolute atomic E-state index is 0.0972. The summed E-state index contributed by atoms with van der Waals surface area (Å²) in [4.78, 5) is 32.8. The number of hydrogen-bond donors (Lipinski definition) is 3. The molecule has 6 heteroatoms. The molecule has 1 aliphatic heterocycles. The van der Waals surface area contributed by atoms with Gasteiger partial charge in [-0.1, -0.05) is 0 Å². The molecule has 0 bridgehead atoms. The van der Waals surface area contributed by atoms with Crippen molar-refractivity contribution in [2.45, 2.75) is 32.2 Å². The maximum Gasteiger partial charge on any atom is 0.322 e. The Morgan fingerprint density at radius 3 is 2.60 bits per heavy atom. The Bertz CT molecular complexity index is 303. The standard InChI is InChI=1S/C9H15N3O3/c1-6(13)10-5-3-4-9(2)7(14)11-8(15)12-9/h3-5H2,1-2H3,(H,10,13)(H2,11,12,14,15)/t9-/m0/s1. The normalized spacial score (nSPS) is 24.7. The molecule has 84 valence electrons. The summed E-state index contributed by atoms with van der Waals surface area (Å²) in [5.74, 6) is -0.407. The first-order valence-corrected chi connectivity index (χ1v) is 4.82. The Balaban J connectivity index is 2.34. The first-order chi connectivity index (χ1) is 6.94. The smallest absolute Gasteiger partial charge is 0.322 e. The maximum atomic E-state index is 11.4. The minimum Gasteiger partial charge on any atom is -0.356 e. The van der Waals surface area contributed by atoms with Gasteiger partial charge in [-0.05, 0) is 19.8 Å². The summed E-state index contributed by atoms with van der Waals surface area (Å²) in [5.41, 5.74) is -0.838. The van der Waals surface area contributed by atoms with Crippen molar-refractivity contribution in [3.8, 4) is 0 Å². The lowest BCUT2D eigenvalue weighted by molar-refractivity contribution is -0.123. The molecule has 0 unspecified atom stereocenters. The van der Waals surface area contributed by atoms with Crippen molar-refractivity contribution in [3.63, 3.8) is 0 Å². The summed E-state index contributed by atoms with van der Waals surface area (Å²) in [6.45, 7) is 3.61. The van der Waals surface area contributed by atoms with E-state index in [1.54, 1.807) is 6.92 Å². The van der Waals surface area contributed by atoms with Gasteiger partial charge in [-0.25, -0.2) is 4.79 Å². The van der Waals surface area contributed by atoms with Gasteiger partial charge in [-0.3, -0.25) is 14.9 Å². The van der Waals surface area contributed by atoms with E-state index in [1.165, 1.54) is 6.92 Å². The largest absolute Gasteiger partial charge is 0.356 e. The van der Waals surface area contributed by atoms with Crippen LogP contribution in [0, 0.1) is 0 Å². The molecule has 0 aromatic carbocycles. The fourth-order valence-corrected chi connectivity index (χ4v) is 1.46. The summed E-state index contributed by atoms with van der Waals surface area (Å²) in [6, 6.07) is -0.456. The molecular weight excluding hydrogens is 198 g/mol. The zero-order valence-electron chi connectivity index (χ0n) is 8.85. The number of rotatable bonds is 4. The number of carbonyl (C=O) groups is 3. The molecule has 6 nitrogen and oxygen atoms in total. The van der Waals surface area contributed by atoms with E-state index in [0.717, 1.165) is 0 Å². The molecule has 1 saturated heterocycles. The fraction of sp³-hybridized carbons (Fsp3) is 0.667.